The Morgan fingerprint density at radius 2 is 1.22 bits per heavy atom. The monoisotopic (exact) mass is 314 g/mol. The average Bonchev–Trinajstić information content (AvgIpc) is 2.35. The zero-order chi connectivity index (χ0) is 13.1. The largest absolute Gasteiger partial charge is 0.300 e. The Kier molecular flexibility index (Phi) is 9.55. The maximum atomic E-state index is 11.6. The summed E-state index contributed by atoms with van der Waals surface area (Å²) in [5.41, 5.74) is 0. The third-order valence-corrected chi connectivity index (χ3v) is 4.37. The van der Waals surface area contributed by atoms with E-state index in [1.807, 2.05) is 0 Å². The summed E-state index contributed by atoms with van der Waals surface area (Å²) in [6.45, 7) is 0. The first-order chi connectivity index (χ1) is 8.79. The van der Waals surface area contributed by atoms with E-state index in [1.165, 1.54) is 62.3 Å². The molecule has 104 valence electrons. The number of hydrogen-bond donors (Lipinski definition) is 0. The van der Waals surface area contributed by atoms with E-state index in [1.54, 1.807) is 0 Å². The Hall–Kier alpha value is -0.110. The molecule has 2 heteroatoms. The van der Waals surface area contributed by atoms with Crippen molar-refractivity contribution in [2.75, 3.05) is 0 Å². The van der Waals surface area contributed by atoms with Crippen LogP contribution in [0.5, 0.6) is 0 Å². The number of carbonyl (C=O) groups is 1. The van der Waals surface area contributed by atoms with Gasteiger partial charge in [-0.3, -0.25) is 4.79 Å². The molecule has 0 amide bonds. The first kappa shape index (κ1) is 15.9. The molecule has 0 aromatic carbocycles. The minimum absolute atomic E-state index is 0.489. The van der Waals surface area contributed by atoms with Gasteiger partial charge in [-0.1, -0.05) is 54.1 Å². The summed E-state index contributed by atoms with van der Waals surface area (Å²) in [5.74, 6) is 0.489. The molecule has 0 bridgehead atoms. The smallest absolute Gasteiger partial charge is 0.132 e. The van der Waals surface area contributed by atoms with Crippen molar-refractivity contribution in [3.05, 3.63) is 10.6 Å². The summed E-state index contributed by atoms with van der Waals surface area (Å²) < 4.78 is 1.38. The van der Waals surface area contributed by atoms with Crippen LogP contribution in [0.2, 0.25) is 0 Å². The summed E-state index contributed by atoms with van der Waals surface area (Å²) >= 11 is 3.66. The van der Waals surface area contributed by atoms with Crippen molar-refractivity contribution in [3.63, 3.8) is 0 Å². The van der Waals surface area contributed by atoms with Gasteiger partial charge in [-0.15, -0.1) is 0 Å². The molecule has 1 rings (SSSR count). The fraction of sp³-hybridized carbons (Fsp3) is 0.812. The second-order valence-electron chi connectivity index (χ2n) is 5.41. The molecule has 18 heavy (non-hydrogen) atoms. The normalized spacial score (nSPS) is 22.5. The van der Waals surface area contributed by atoms with Crippen molar-refractivity contribution in [1.29, 1.82) is 0 Å². The predicted molar refractivity (Wildman–Crippen MR) is 82.0 cm³/mol. The van der Waals surface area contributed by atoms with Gasteiger partial charge in [-0.05, 0) is 43.0 Å². The van der Waals surface area contributed by atoms with E-state index in [2.05, 4.69) is 22.0 Å². The molecule has 0 saturated heterocycles. The molecular weight excluding hydrogens is 288 g/mol. The van der Waals surface area contributed by atoms with Crippen LogP contribution in [0, 0.1) is 0 Å². The van der Waals surface area contributed by atoms with E-state index in [0.717, 1.165) is 25.7 Å². The number of allylic oxidation sites excluding steroid dienone is 2. The maximum Gasteiger partial charge on any atom is 0.132 e. The average molecular weight is 315 g/mol. The Morgan fingerprint density at radius 3 is 1.89 bits per heavy atom. The lowest BCUT2D eigenvalue weighted by Crippen LogP contribution is -1.97. The maximum absolute atomic E-state index is 11.6. The van der Waals surface area contributed by atoms with Gasteiger partial charge in [0.1, 0.15) is 5.78 Å². The molecule has 1 nitrogen and oxygen atoms in total. The van der Waals surface area contributed by atoms with Gasteiger partial charge in [0, 0.05) is 12.8 Å². The topological polar surface area (TPSA) is 17.1 Å². The Balaban J connectivity index is 2.27. The molecule has 0 aromatic heterocycles. The highest BCUT2D eigenvalue weighted by Gasteiger charge is 2.02. The van der Waals surface area contributed by atoms with Crippen LogP contribution in [0.3, 0.4) is 0 Å². The van der Waals surface area contributed by atoms with Crippen molar-refractivity contribution in [2.24, 2.45) is 0 Å². The second kappa shape index (κ2) is 10.8. The molecular formula is C16H27BrO. The van der Waals surface area contributed by atoms with Crippen molar-refractivity contribution in [3.8, 4) is 0 Å². The van der Waals surface area contributed by atoms with Crippen LogP contribution in [0.1, 0.15) is 83.5 Å². The van der Waals surface area contributed by atoms with Gasteiger partial charge in [0.25, 0.3) is 0 Å². The number of hydrogen-bond acceptors (Lipinski definition) is 1. The number of ketones is 1. The summed E-state index contributed by atoms with van der Waals surface area (Å²) in [7, 11) is 0. The lowest BCUT2D eigenvalue weighted by Gasteiger charge is -2.04. The van der Waals surface area contributed by atoms with E-state index in [4.69, 9.17) is 0 Å². The number of carbonyl (C=O) groups excluding carboxylic acids is 1. The van der Waals surface area contributed by atoms with Gasteiger partial charge in [-0.25, -0.2) is 0 Å². The van der Waals surface area contributed by atoms with Crippen LogP contribution >= 0.6 is 15.9 Å². The van der Waals surface area contributed by atoms with Crippen LogP contribution in [0.4, 0.5) is 0 Å². The molecule has 0 atom stereocenters. The van der Waals surface area contributed by atoms with E-state index < -0.39 is 0 Å². The van der Waals surface area contributed by atoms with Crippen molar-refractivity contribution < 1.29 is 4.79 Å². The van der Waals surface area contributed by atoms with Gasteiger partial charge in [0.2, 0.25) is 0 Å². The highest BCUT2D eigenvalue weighted by molar-refractivity contribution is 9.11. The van der Waals surface area contributed by atoms with Crippen LogP contribution in [-0.2, 0) is 4.79 Å². The summed E-state index contributed by atoms with van der Waals surface area (Å²) in [4.78, 5) is 11.6. The molecule has 1 aliphatic carbocycles. The lowest BCUT2D eigenvalue weighted by atomic mass is 10.0. The molecule has 0 N–H and O–H groups in total. The third-order valence-electron chi connectivity index (χ3n) is 3.65. The Morgan fingerprint density at radius 1 is 0.722 bits per heavy atom. The fourth-order valence-electron chi connectivity index (χ4n) is 2.45. The van der Waals surface area contributed by atoms with Crippen molar-refractivity contribution >= 4 is 21.7 Å². The highest BCUT2D eigenvalue weighted by Crippen LogP contribution is 2.19. The third kappa shape index (κ3) is 8.91. The number of halogens is 1. The van der Waals surface area contributed by atoms with E-state index >= 15 is 0 Å². The molecule has 0 saturated carbocycles. The standard InChI is InChI=1S/C16H27BrO/c17-15-11-7-3-1-2-4-9-13-16(18)14-10-6-5-8-12-15/h11H,1-10,12-14H2. The number of Topliss-reactive ketones (excluding diaryl/α,β-unsaturated/α-hetero) is 1. The fourth-order valence-corrected chi connectivity index (χ4v) is 2.96. The zero-order valence-corrected chi connectivity index (χ0v) is 13.1. The van der Waals surface area contributed by atoms with E-state index in [-0.39, 0.29) is 0 Å². The first-order valence-corrected chi connectivity index (χ1v) is 8.44. The summed E-state index contributed by atoms with van der Waals surface area (Å²) in [6.07, 6.45) is 17.4. The van der Waals surface area contributed by atoms with Gasteiger partial charge >= 0.3 is 0 Å². The molecule has 0 spiro atoms. The van der Waals surface area contributed by atoms with Crippen molar-refractivity contribution in [2.45, 2.75) is 83.5 Å². The summed E-state index contributed by atoms with van der Waals surface area (Å²) in [6, 6.07) is 0. The minimum atomic E-state index is 0.489. The molecule has 0 aliphatic heterocycles. The molecule has 0 fully saturated rings. The van der Waals surface area contributed by atoms with Crippen molar-refractivity contribution in [1.82, 2.24) is 0 Å². The van der Waals surface area contributed by atoms with Gasteiger partial charge in [-0.2, -0.15) is 0 Å². The SMILES string of the molecule is O=C1CCCCCCCC=C(Br)CCCCCC1. The second-order valence-corrected chi connectivity index (χ2v) is 6.43. The highest BCUT2D eigenvalue weighted by atomic mass is 79.9. The van der Waals surface area contributed by atoms with Crippen LogP contribution in [-0.4, -0.2) is 5.78 Å². The Bertz CT molecular complexity index is 258. The Labute approximate surface area is 121 Å². The van der Waals surface area contributed by atoms with Gasteiger partial charge in [0.15, 0.2) is 0 Å². The van der Waals surface area contributed by atoms with Crippen LogP contribution in [0.25, 0.3) is 0 Å². The lowest BCUT2D eigenvalue weighted by molar-refractivity contribution is -0.119. The van der Waals surface area contributed by atoms with Crippen LogP contribution < -0.4 is 0 Å². The summed E-state index contributed by atoms with van der Waals surface area (Å²) in [5, 5.41) is 0. The minimum Gasteiger partial charge on any atom is -0.300 e. The first-order valence-electron chi connectivity index (χ1n) is 7.65. The molecule has 1 aliphatic rings. The van der Waals surface area contributed by atoms with E-state index in [9.17, 15) is 4.79 Å². The molecule has 0 unspecified atom stereocenters. The molecule has 0 aromatic rings. The quantitative estimate of drug-likeness (QED) is 0.542. The van der Waals surface area contributed by atoms with Gasteiger partial charge in [0.05, 0.1) is 0 Å². The van der Waals surface area contributed by atoms with Crippen LogP contribution in [0.15, 0.2) is 10.6 Å². The van der Waals surface area contributed by atoms with E-state index in [0.29, 0.717) is 5.78 Å². The molecule has 0 radical (unpaired) electrons. The predicted octanol–water partition coefficient (Wildman–Crippen LogP) is 5.92. The van der Waals surface area contributed by atoms with Gasteiger partial charge < -0.3 is 0 Å². The number of rotatable bonds is 0. The zero-order valence-electron chi connectivity index (χ0n) is 11.6. The molecule has 0 heterocycles.